The molecule has 146 valence electrons. The third-order valence-electron chi connectivity index (χ3n) is 5.26. The summed E-state index contributed by atoms with van der Waals surface area (Å²) in [7, 11) is 0. The number of halogens is 1. The van der Waals surface area contributed by atoms with Crippen LogP contribution >= 0.6 is 0 Å². The lowest BCUT2D eigenvalue weighted by atomic mass is 9.94. The molecule has 4 aromatic rings. The van der Waals surface area contributed by atoms with Gasteiger partial charge in [-0.3, -0.25) is 4.98 Å². The Balaban J connectivity index is 1.88. The molecule has 29 heavy (non-hydrogen) atoms. The highest BCUT2D eigenvalue weighted by molar-refractivity contribution is 5.86. The molecule has 0 radical (unpaired) electrons. The lowest BCUT2D eigenvalue weighted by Gasteiger charge is -2.25. The number of aryl methyl sites for hydroxylation is 3. The normalized spacial score (nSPS) is 12.1. The van der Waals surface area contributed by atoms with Crippen LogP contribution in [0.1, 0.15) is 33.9 Å². The number of phenols is 1. The Labute approximate surface area is 169 Å². The van der Waals surface area contributed by atoms with Crippen molar-refractivity contribution in [2.45, 2.75) is 26.8 Å². The van der Waals surface area contributed by atoms with Crippen LogP contribution in [-0.2, 0) is 0 Å². The van der Waals surface area contributed by atoms with Crippen molar-refractivity contribution in [2.75, 3.05) is 5.32 Å². The van der Waals surface area contributed by atoms with Crippen molar-refractivity contribution in [1.82, 2.24) is 4.98 Å². The minimum atomic E-state index is -0.359. The van der Waals surface area contributed by atoms with Crippen molar-refractivity contribution >= 4 is 16.6 Å². The molecule has 2 N–H and O–H groups in total. The van der Waals surface area contributed by atoms with E-state index < -0.39 is 0 Å². The molecule has 0 saturated carbocycles. The van der Waals surface area contributed by atoms with Crippen LogP contribution in [0.5, 0.6) is 5.75 Å². The second kappa shape index (κ2) is 7.55. The number of rotatable bonds is 4. The Morgan fingerprint density at radius 2 is 1.62 bits per heavy atom. The first-order valence-electron chi connectivity index (χ1n) is 9.60. The Bertz CT molecular complexity index is 1160. The molecule has 0 aliphatic heterocycles. The molecule has 0 bridgehead atoms. The van der Waals surface area contributed by atoms with E-state index in [-0.39, 0.29) is 17.6 Å². The van der Waals surface area contributed by atoms with Crippen LogP contribution in [0.15, 0.2) is 66.9 Å². The molecule has 1 aromatic heterocycles. The summed E-state index contributed by atoms with van der Waals surface area (Å²) >= 11 is 0. The SMILES string of the molecule is Cc1cc(C)c(NC(c2ccc(F)cc2)c2ccc3cccnc3c2O)c(C)c1. The number of aromatic hydroxyl groups is 1. The average Bonchev–Trinajstić information content (AvgIpc) is 2.69. The molecule has 0 fully saturated rings. The highest BCUT2D eigenvalue weighted by Gasteiger charge is 2.21. The predicted molar refractivity (Wildman–Crippen MR) is 116 cm³/mol. The van der Waals surface area contributed by atoms with Gasteiger partial charge in [-0.15, -0.1) is 0 Å². The van der Waals surface area contributed by atoms with Crippen LogP contribution in [0, 0.1) is 26.6 Å². The first-order valence-corrected chi connectivity index (χ1v) is 9.60. The van der Waals surface area contributed by atoms with Crippen LogP contribution in [0.25, 0.3) is 10.9 Å². The molecule has 4 rings (SSSR count). The summed E-state index contributed by atoms with van der Waals surface area (Å²) in [6.07, 6.45) is 1.67. The van der Waals surface area contributed by atoms with Crippen molar-refractivity contribution < 1.29 is 9.50 Å². The lowest BCUT2D eigenvalue weighted by Crippen LogP contribution is -2.14. The van der Waals surface area contributed by atoms with Gasteiger partial charge < -0.3 is 10.4 Å². The zero-order valence-electron chi connectivity index (χ0n) is 16.7. The van der Waals surface area contributed by atoms with Crippen LogP contribution in [0.2, 0.25) is 0 Å². The number of fused-ring (bicyclic) bond motifs is 1. The van der Waals surface area contributed by atoms with Gasteiger partial charge in [0.15, 0.2) is 0 Å². The van der Waals surface area contributed by atoms with Crippen molar-refractivity contribution in [2.24, 2.45) is 0 Å². The fourth-order valence-electron chi connectivity index (χ4n) is 3.93. The Morgan fingerprint density at radius 3 is 2.31 bits per heavy atom. The first-order chi connectivity index (χ1) is 13.9. The van der Waals surface area contributed by atoms with E-state index in [9.17, 15) is 9.50 Å². The maximum Gasteiger partial charge on any atom is 0.147 e. The Hall–Kier alpha value is -3.40. The summed E-state index contributed by atoms with van der Waals surface area (Å²) in [5, 5.41) is 15.5. The smallest absolute Gasteiger partial charge is 0.147 e. The van der Waals surface area contributed by atoms with E-state index in [1.54, 1.807) is 18.3 Å². The molecule has 3 aromatic carbocycles. The standard InChI is InChI=1S/C25H23FN2O/c1-15-13-16(2)22(17(3)14-15)28-23(19-6-9-20(26)10-7-19)21-11-8-18-5-4-12-27-24(18)25(21)29/h4-14,23,28-29H,1-3H3. The highest BCUT2D eigenvalue weighted by atomic mass is 19.1. The topological polar surface area (TPSA) is 45.2 Å². The molecule has 0 aliphatic rings. The molecule has 0 aliphatic carbocycles. The number of nitrogens with zero attached hydrogens (tertiary/aromatic N) is 1. The number of hydrogen-bond donors (Lipinski definition) is 2. The van der Waals surface area contributed by atoms with Gasteiger partial charge in [-0.05, 0) is 55.7 Å². The summed E-state index contributed by atoms with van der Waals surface area (Å²) in [4.78, 5) is 4.35. The Kier molecular flexibility index (Phi) is 4.93. The second-order valence-electron chi connectivity index (χ2n) is 7.48. The van der Waals surface area contributed by atoms with Crippen molar-refractivity contribution in [3.63, 3.8) is 0 Å². The molecule has 1 heterocycles. The zero-order chi connectivity index (χ0) is 20.5. The van der Waals surface area contributed by atoms with E-state index in [4.69, 9.17) is 0 Å². The van der Waals surface area contributed by atoms with Crippen LogP contribution in [0.3, 0.4) is 0 Å². The highest BCUT2D eigenvalue weighted by Crippen LogP contribution is 2.37. The average molecular weight is 386 g/mol. The minimum Gasteiger partial charge on any atom is -0.505 e. The number of benzene rings is 3. The molecule has 3 nitrogen and oxygen atoms in total. The van der Waals surface area contributed by atoms with E-state index in [0.717, 1.165) is 27.8 Å². The lowest BCUT2D eigenvalue weighted by molar-refractivity contribution is 0.471. The third kappa shape index (κ3) is 3.66. The van der Waals surface area contributed by atoms with Gasteiger partial charge in [0.05, 0.1) is 6.04 Å². The number of aromatic nitrogens is 1. The number of phenolic OH excluding ortho intramolecular Hbond substituents is 1. The van der Waals surface area contributed by atoms with Crippen LogP contribution in [0.4, 0.5) is 10.1 Å². The third-order valence-corrected chi connectivity index (χ3v) is 5.26. The monoisotopic (exact) mass is 386 g/mol. The number of nitrogens with one attached hydrogen (secondary N) is 1. The number of hydrogen-bond acceptors (Lipinski definition) is 3. The minimum absolute atomic E-state index is 0.132. The van der Waals surface area contributed by atoms with Gasteiger partial charge in [0.2, 0.25) is 0 Å². The summed E-state index contributed by atoms with van der Waals surface area (Å²) in [5.41, 5.74) is 6.54. The van der Waals surface area contributed by atoms with E-state index >= 15 is 0 Å². The van der Waals surface area contributed by atoms with Gasteiger partial charge in [-0.1, -0.05) is 48.0 Å². The first kappa shape index (κ1) is 18.9. The predicted octanol–water partition coefficient (Wildman–Crippen LogP) is 6.21. The van der Waals surface area contributed by atoms with Gasteiger partial charge in [-0.2, -0.15) is 0 Å². The van der Waals surface area contributed by atoms with E-state index in [1.165, 1.54) is 17.7 Å². The quantitative estimate of drug-likeness (QED) is 0.438. The maximum absolute atomic E-state index is 13.6. The zero-order valence-corrected chi connectivity index (χ0v) is 16.7. The largest absolute Gasteiger partial charge is 0.505 e. The molecule has 1 unspecified atom stereocenters. The summed E-state index contributed by atoms with van der Waals surface area (Å²) in [6, 6.07) is 17.9. The number of pyridine rings is 1. The van der Waals surface area contributed by atoms with E-state index in [2.05, 4.69) is 43.2 Å². The molecule has 1 atom stereocenters. The molecule has 0 saturated heterocycles. The van der Waals surface area contributed by atoms with Gasteiger partial charge in [0.25, 0.3) is 0 Å². The molecular weight excluding hydrogens is 363 g/mol. The van der Waals surface area contributed by atoms with Gasteiger partial charge in [0, 0.05) is 22.8 Å². The second-order valence-corrected chi connectivity index (χ2v) is 7.48. The molecule has 0 spiro atoms. The summed E-state index contributed by atoms with van der Waals surface area (Å²) < 4.78 is 13.6. The maximum atomic E-state index is 13.6. The molecule has 0 amide bonds. The van der Waals surface area contributed by atoms with Gasteiger partial charge in [0.1, 0.15) is 17.1 Å². The summed E-state index contributed by atoms with van der Waals surface area (Å²) in [5.74, 6) is -0.160. The van der Waals surface area contributed by atoms with Crippen molar-refractivity contribution in [3.8, 4) is 5.75 Å². The van der Waals surface area contributed by atoms with E-state index in [0.29, 0.717) is 11.1 Å². The van der Waals surface area contributed by atoms with Crippen LogP contribution < -0.4 is 5.32 Å². The fraction of sp³-hybridized carbons (Fsp3) is 0.160. The summed E-state index contributed by atoms with van der Waals surface area (Å²) in [6.45, 7) is 6.19. The Morgan fingerprint density at radius 1 is 0.931 bits per heavy atom. The van der Waals surface area contributed by atoms with Crippen molar-refractivity contribution in [3.05, 3.63) is 100 Å². The number of anilines is 1. The van der Waals surface area contributed by atoms with Gasteiger partial charge in [-0.25, -0.2) is 4.39 Å². The van der Waals surface area contributed by atoms with Gasteiger partial charge >= 0.3 is 0 Å². The fourth-order valence-corrected chi connectivity index (χ4v) is 3.93. The van der Waals surface area contributed by atoms with Crippen LogP contribution in [-0.4, -0.2) is 10.1 Å². The van der Waals surface area contributed by atoms with Crippen molar-refractivity contribution in [1.29, 1.82) is 0 Å². The molecule has 4 heteroatoms. The molecular formula is C25H23FN2O. The van der Waals surface area contributed by atoms with E-state index in [1.807, 2.05) is 24.3 Å².